The lowest BCUT2D eigenvalue weighted by atomic mass is 9.98. The van der Waals surface area contributed by atoms with Crippen molar-refractivity contribution in [2.45, 2.75) is 17.9 Å². The Morgan fingerprint density at radius 3 is 2.15 bits per heavy atom. The molecule has 0 heterocycles. The van der Waals surface area contributed by atoms with Gasteiger partial charge in [-0.1, -0.05) is 48.5 Å². The van der Waals surface area contributed by atoms with Crippen LogP contribution in [0.4, 0.5) is 13.6 Å². The van der Waals surface area contributed by atoms with Gasteiger partial charge in [-0.25, -0.2) is 18.4 Å². The van der Waals surface area contributed by atoms with Crippen molar-refractivity contribution in [1.82, 2.24) is 10.6 Å². The van der Waals surface area contributed by atoms with Gasteiger partial charge in [0.15, 0.2) is 0 Å². The van der Waals surface area contributed by atoms with Gasteiger partial charge in [0.2, 0.25) is 5.91 Å². The maximum atomic E-state index is 14.0. The van der Waals surface area contributed by atoms with Crippen LogP contribution in [0, 0.1) is 11.8 Å². The van der Waals surface area contributed by atoms with Crippen LogP contribution in [0.25, 0.3) is 11.1 Å². The van der Waals surface area contributed by atoms with E-state index in [1.165, 1.54) is 0 Å². The summed E-state index contributed by atoms with van der Waals surface area (Å²) in [6, 6.07) is 13.8. The Hall–Kier alpha value is -3.53. The van der Waals surface area contributed by atoms with E-state index in [2.05, 4.69) is 5.32 Å². The quantitative estimate of drug-likeness (QED) is 0.478. The molecule has 4 N–H and O–H groups in total. The van der Waals surface area contributed by atoms with Crippen molar-refractivity contribution in [2.24, 2.45) is 11.8 Å². The number of ether oxygens (including phenoxy) is 1. The summed E-state index contributed by atoms with van der Waals surface area (Å²) >= 11 is 0. The number of benzene rings is 2. The Kier molecular flexibility index (Phi) is 6.03. The van der Waals surface area contributed by atoms with E-state index in [0.717, 1.165) is 22.3 Å². The van der Waals surface area contributed by atoms with E-state index in [1.54, 1.807) is 0 Å². The Morgan fingerprint density at radius 1 is 1.03 bits per heavy atom. The number of hydrogen-bond acceptors (Lipinski definition) is 5. The maximum Gasteiger partial charge on any atom is 0.407 e. The Balaban J connectivity index is 1.32. The Bertz CT molecular complexity index is 1050. The van der Waals surface area contributed by atoms with Crippen LogP contribution in [0.2, 0.25) is 0 Å². The van der Waals surface area contributed by atoms with E-state index in [9.17, 15) is 23.2 Å². The van der Waals surface area contributed by atoms with Crippen molar-refractivity contribution in [1.29, 1.82) is 0 Å². The molecule has 8 nitrogen and oxygen atoms in total. The fourth-order valence-corrected chi connectivity index (χ4v) is 4.29. The third kappa shape index (κ3) is 4.25. The molecule has 3 atom stereocenters. The van der Waals surface area contributed by atoms with E-state index in [0.29, 0.717) is 0 Å². The summed E-state index contributed by atoms with van der Waals surface area (Å²) in [6.45, 7) is -1.43. The summed E-state index contributed by atoms with van der Waals surface area (Å²) < 4.78 is 33.3. The summed E-state index contributed by atoms with van der Waals surface area (Å²) in [6.07, 6.45) is -0.891. The lowest BCUT2D eigenvalue weighted by molar-refractivity contribution is -0.143. The zero-order chi connectivity index (χ0) is 23.8. The molecule has 33 heavy (non-hydrogen) atoms. The van der Waals surface area contributed by atoms with Gasteiger partial charge in [-0.15, -0.1) is 0 Å². The summed E-state index contributed by atoms with van der Waals surface area (Å²) in [5.74, 6) is -9.61. The zero-order valence-electron chi connectivity index (χ0n) is 17.3. The molecular formula is C23H22F2N2O6. The number of aliphatic hydroxyl groups is 1. The average Bonchev–Trinajstić information content (AvgIpc) is 3.20. The summed E-state index contributed by atoms with van der Waals surface area (Å²) in [7, 11) is 0. The van der Waals surface area contributed by atoms with E-state index < -0.39 is 54.9 Å². The number of nitrogens with one attached hydrogen (secondary N) is 2. The molecule has 2 aromatic rings. The number of hydrogen-bond donors (Lipinski definition) is 4. The van der Waals surface area contributed by atoms with E-state index in [4.69, 9.17) is 14.9 Å². The number of fused-ring (bicyclic) bond motifs is 3. The van der Waals surface area contributed by atoms with Gasteiger partial charge in [-0.05, 0) is 22.3 Å². The lowest BCUT2D eigenvalue weighted by Gasteiger charge is -2.14. The molecule has 3 unspecified atom stereocenters. The highest BCUT2D eigenvalue weighted by molar-refractivity contribution is 5.88. The zero-order valence-corrected chi connectivity index (χ0v) is 17.3. The molecule has 0 spiro atoms. The lowest BCUT2D eigenvalue weighted by Crippen LogP contribution is -2.44. The normalized spacial score (nSPS) is 20.8. The Morgan fingerprint density at radius 2 is 1.61 bits per heavy atom. The number of alkyl halides is 2. The average molecular weight is 460 g/mol. The molecule has 0 aliphatic heterocycles. The molecule has 0 radical (unpaired) electrons. The van der Waals surface area contributed by atoms with Crippen molar-refractivity contribution >= 4 is 18.0 Å². The number of carbonyl (C=O) groups is 3. The number of alkyl carbamates (subject to hydrolysis) is 1. The molecule has 2 aliphatic rings. The molecule has 4 rings (SSSR count). The molecule has 0 aromatic heterocycles. The highest BCUT2D eigenvalue weighted by atomic mass is 19.3. The largest absolute Gasteiger partial charge is 0.480 e. The van der Waals surface area contributed by atoms with Gasteiger partial charge in [-0.2, -0.15) is 0 Å². The molecule has 0 bridgehead atoms. The first kappa shape index (κ1) is 22.7. The predicted octanol–water partition coefficient (Wildman–Crippen LogP) is 1.97. The number of rotatable bonds is 8. The number of aliphatic hydroxyl groups excluding tert-OH is 1. The van der Waals surface area contributed by atoms with Gasteiger partial charge >= 0.3 is 12.1 Å². The van der Waals surface area contributed by atoms with Gasteiger partial charge in [0.05, 0.1) is 12.5 Å². The first-order valence-corrected chi connectivity index (χ1v) is 10.4. The monoisotopic (exact) mass is 460 g/mol. The van der Waals surface area contributed by atoms with Crippen LogP contribution in [0.15, 0.2) is 48.5 Å². The predicted molar refractivity (Wildman–Crippen MR) is 112 cm³/mol. The van der Waals surface area contributed by atoms with Crippen LogP contribution in [-0.2, 0) is 14.3 Å². The SMILES string of the molecule is O=C(NCC1C(C(=O)NC(CO)C(=O)O)C1(F)F)OCC1c2ccccc2-c2ccccc21. The molecule has 2 aliphatic carbocycles. The first-order valence-electron chi connectivity index (χ1n) is 10.4. The molecule has 0 saturated heterocycles. The third-order valence-electron chi connectivity index (χ3n) is 6.09. The number of aliphatic carboxylic acids is 1. The van der Waals surface area contributed by atoms with Crippen LogP contribution in [-0.4, -0.2) is 59.9 Å². The van der Waals surface area contributed by atoms with Gasteiger partial charge in [0, 0.05) is 12.5 Å². The standard InChI is InChI=1S/C23H22F2N2O6/c24-23(25)17(19(23)20(29)27-18(10-28)21(30)31)9-26-22(32)33-11-16-14-7-3-1-5-12(14)13-6-2-4-8-15(13)16/h1-8,16-19,28H,9-11H2,(H,26,32)(H,27,29)(H,30,31). The van der Waals surface area contributed by atoms with Crippen molar-refractivity contribution in [3.8, 4) is 11.1 Å². The van der Waals surface area contributed by atoms with E-state index in [-0.39, 0.29) is 12.5 Å². The van der Waals surface area contributed by atoms with Crippen LogP contribution in [0.1, 0.15) is 17.0 Å². The van der Waals surface area contributed by atoms with Gasteiger partial charge in [-0.3, -0.25) is 4.79 Å². The van der Waals surface area contributed by atoms with Crippen LogP contribution >= 0.6 is 0 Å². The Labute approximate surface area is 187 Å². The van der Waals surface area contributed by atoms with Crippen LogP contribution in [0.3, 0.4) is 0 Å². The second-order valence-electron chi connectivity index (χ2n) is 8.05. The fraction of sp³-hybridized carbons (Fsp3) is 0.348. The van der Waals surface area contributed by atoms with E-state index >= 15 is 0 Å². The summed E-state index contributed by atoms with van der Waals surface area (Å²) in [4.78, 5) is 35.0. The van der Waals surface area contributed by atoms with Gasteiger partial charge < -0.3 is 25.6 Å². The van der Waals surface area contributed by atoms with Crippen LogP contribution in [0.5, 0.6) is 0 Å². The summed E-state index contributed by atoms with van der Waals surface area (Å²) in [5.41, 5.74) is 4.12. The minimum atomic E-state index is -3.40. The van der Waals surface area contributed by atoms with Gasteiger partial charge in [0.1, 0.15) is 18.6 Å². The molecule has 10 heteroatoms. The molecular weight excluding hydrogens is 438 g/mol. The second-order valence-corrected chi connectivity index (χ2v) is 8.05. The van der Waals surface area contributed by atoms with Crippen molar-refractivity contribution in [3.05, 3.63) is 59.7 Å². The smallest absolute Gasteiger partial charge is 0.407 e. The number of carboxylic acids is 1. The van der Waals surface area contributed by atoms with E-state index in [1.807, 2.05) is 53.8 Å². The summed E-state index contributed by atoms with van der Waals surface area (Å²) in [5, 5.41) is 21.9. The fourth-order valence-electron chi connectivity index (χ4n) is 4.29. The highest BCUT2D eigenvalue weighted by Crippen LogP contribution is 2.55. The third-order valence-corrected chi connectivity index (χ3v) is 6.09. The second kappa shape index (κ2) is 8.78. The molecule has 2 amide bonds. The maximum absolute atomic E-state index is 14.0. The van der Waals surface area contributed by atoms with Gasteiger partial charge in [0.25, 0.3) is 5.92 Å². The topological polar surface area (TPSA) is 125 Å². The van der Waals surface area contributed by atoms with Crippen LogP contribution < -0.4 is 10.6 Å². The highest BCUT2D eigenvalue weighted by Gasteiger charge is 2.71. The number of carbonyl (C=O) groups excluding carboxylic acids is 2. The molecule has 1 fully saturated rings. The van der Waals surface area contributed by atoms with Crippen molar-refractivity contribution < 1.29 is 38.1 Å². The molecule has 2 aromatic carbocycles. The molecule has 174 valence electrons. The van der Waals surface area contributed by atoms with Crippen molar-refractivity contribution in [2.75, 3.05) is 19.8 Å². The van der Waals surface area contributed by atoms with Crippen molar-refractivity contribution in [3.63, 3.8) is 0 Å². The molecule has 1 saturated carbocycles. The minimum Gasteiger partial charge on any atom is -0.480 e. The number of halogens is 2. The first-order chi connectivity index (χ1) is 15.8. The number of carboxylic acid groups (broad SMARTS) is 1. The number of amides is 2. The minimum absolute atomic E-state index is 0.0155.